The first kappa shape index (κ1) is 20.9. The first-order valence-corrected chi connectivity index (χ1v) is 10.9. The van der Waals surface area contributed by atoms with Gasteiger partial charge in [-0.05, 0) is 53.8 Å². The van der Waals surface area contributed by atoms with Gasteiger partial charge in [-0.1, -0.05) is 74.0 Å². The first-order chi connectivity index (χ1) is 15.2. The second-order valence-electron chi connectivity index (χ2n) is 7.97. The predicted octanol–water partition coefficient (Wildman–Crippen LogP) is 5.32. The Morgan fingerprint density at radius 2 is 1.61 bits per heavy atom. The topological polar surface area (TPSA) is 50.7 Å². The van der Waals surface area contributed by atoms with E-state index in [2.05, 4.69) is 41.7 Å². The van der Waals surface area contributed by atoms with Crippen LogP contribution in [-0.4, -0.2) is 18.7 Å². The Bertz CT molecular complexity index is 975. The van der Waals surface area contributed by atoms with E-state index < -0.39 is 0 Å². The monoisotopic (exact) mass is 412 g/mol. The van der Waals surface area contributed by atoms with E-state index in [1.54, 1.807) is 6.21 Å². The van der Waals surface area contributed by atoms with Crippen molar-refractivity contribution in [3.05, 3.63) is 102 Å². The summed E-state index contributed by atoms with van der Waals surface area (Å²) in [4.78, 5) is 12.9. The van der Waals surface area contributed by atoms with Crippen molar-refractivity contribution >= 4 is 12.1 Å². The molecule has 1 aliphatic carbocycles. The molecule has 1 atom stereocenters. The van der Waals surface area contributed by atoms with E-state index >= 15 is 0 Å². The lowest BCUT2D eigenvalue weighted by molar-refractivity contribution is -0.122. The number of ether oxygens (including phenoxy) is 1. The lowest BCUT2D eigenvalue weighted by Gasteiger charge is -2.18. The quantitative estimate of drug-likeness (QED) is 0.294. The number of unbranched alkanes of at least 4 members (excludes halogenated alkanes) is 1. The van der Waals surface area contributed by atoms with Crippen LogP contribution in [0.5, 0.6) is 5.75 Å². The minimum Gasteiger partial charge on any atom is -0.494 e. The van der Waals surface area contributed by atoms with E-state index in [1.165, 1.54) is 11.1 Å². The van der Waals surface area contributed by atoms with Gasteiger partial charge in [0.15, 0.2) is 0 Å². The molecule has 1 fully saturated rings. The van der Waals surface area contributed by atoms with Crippen molar-refractivity contribution in [2.75, 3.05) is 6.61 Å². The van der Waals surface area contributed by atoms with Gasteiger partial charge in [-0.15, -0.1) is 0 Å². The van der Waals surface area contributed by atoms with Gasteiger partial charge in [0.05, 0.1) is 18.7 Å². The molecule has 0 aromatic heterocycles. The van der Waals surface area contributed by atoms with E-state index in [0.717, 1.165) is 37.2 Å². The summed E-state index contributed by atoms with van der Waals surface area (Å²) in [6.07, 6.45) is 4.61. The fraction of sp³-hybridized carbons (Fsp3) is 0.259. The van der Waals surface area contributed by atoms with E-state index in [9.17, 15) is 4.79 Å². The second kappa shape index (κ2) is 9.61. The van der Waals surface area contributed by atoms with Crippen LogP contribution in [-0.2, 0) is 10.2 Å². The molecular weight excluding hydrogens is 384 g/mol. The number of amides is 1. The predicted molar refractivity (Wildman–Crippen MR) is 124 cm³/mol. The Kier molecular flexibility index (Phi) is 6.46. The molecule has 0 heterocycles. The van der Waals surface area contributed by atoms with Crippen molar-refractivity contribution < 1.29 is 9.53 Å². The Balaban J connectivity index is 1.41. The smallest absolute Gasteiger partial charge is 0.244 e. The van der Waals surface area contributed by atoms with Crippen LogP contribution in [0.1, 0.15) is 42.9 Å². The molecule has 4 heteroatoms. The zero-order valence-electron chi connectivity index (χ0n) is 17.8. The number of hydrogen-bond donors (Lipinski definition) is 1. The van der Waals surface area contributed by atoms with Gasteiger partial charge in [0.25, 0.3) is 0 Å². The van der Waals surface area contributed by atoms with Crippen molar-refractivity contribution in [2.45, 2.75) is 31.6 Å². The maximum Gasteiger partial charge on any atom is 0.244 e. The molecule has 0 saturated heterocycles. The van der Waals surface area contributed by atoms with Crippen LogP contribution >= 0.6 is 0 Å². The van der Waals surface area contributed by atoms with Gasteiger partial charge < -0.3 is 4.74 Å². The maximum atomic E-state index is 12.9. The molecule has 1 aliphatic rings. The Morgan fingerprint density at radius 3 is 2.19 bits per heavy atom. The van der Waals surface area contributed by atoms with Gasteiger partial charge in [-0.25, -0.2) is 5.43 Å². The summed E-state index contributed by atoms with van der Waals surface area (Å²) in [5.41, 5.74) is 5.72. The summed E-state index contributed by atoms with van der Waals surface area (Å²) >= 11 is 0. The third kappa shape index (κ3) is 4.69. The molecule has 0 radical (unpaired) electrons. The first-order valence-electron chi connectivity index (χ1n) is 10.9. The number of carbonyl (C=O) groups excluding carboxylic acids is 1. The summed E-state index contributed by atoms with van der Waals surface area (Å²) < 4.78 is 5.68. The third-order valence-corrected chi connectivity index (χ3v) is 5.89. The Labute approximate surface area is 184 Å². The molecule has 4 nitrogen and oxygen atoms in total. The number of rotatable bonds is 9. The maximum absolute atomic E-state index is 12.9. The molecule has 0 bridgehead atoms. The molecule has 4 rings (SSSR count). The van der Waals surface area contributed by atoms with Gasteiger partial charge in [0.2, 0.25) is 5.91 Å². The number of hydrogen-bond acceptors (Lipinski definition) is 3. The van der Waals surface area contributed by atoms with Crippen LogP contribution in [0.25, 0.3) is 0 Å². The molecule has 3 aromatic carbocycles. The van der Waals surface area contributed by atoms with Crippen LogP contribution < -0.4 is 10.2 Å². The summed E-state index contributed by atoms with van der Waals surface area (Å²) in [5.74, 6) is 0.662. The molecule has 1 amide bonds. The fourth-order valence-electron chi connectivity index (χ4n) is 4.09. The normalized spacial score (nSPS) is 16.7. The number of carbonyl (C=O) groups is 1. The minimum absolute atomic E-state index is 0.0523. The largest absolute Gasteiger partial charge is 0.494 e. The molecule has 1 N–H and O–H groups in total. The van der Waals surface area contributed by atoms with Gasteiger partial charge >= 0.3 is 0 Å². The lowest BCUT2D eigenvalue weighted by Crippen LogP contribution is -2.25. The standard InChI is InChI=1S/C27H28N2O2/c1-2-3-18-31-24-16-14-21(15-17-24)20-28-29-26(30)25-19-27(25,22-10-6-4-7-11-22)23-12-8-5-9-13-23/h4-17,20,25H,2-3,18-19H2,1H3,(H,29,30)/b28-20-/t25-/m1/s1. The van der Waals surface area contributed by atoms with Crippen LogP contribution in [0.2, 0.25) is 0 Å². The summed E-state index contributed by atoms with van der Waals surface area (Å²) in [6, 6.07) is 28.3. The van der Waals surface area contributed by atoms with Crippen LogP contribution in [0.4, 0.5) is 0 Å². The molecule has 0 spiro atoms. The van der Waals surface area contributed by atoms with Crippen molar-refractivity contribution in [2.24, 2.45) is 11.0 Å². The molecule has 1 saturated carbocycles. The highest BCUT2D eigenvalue weighted by atomic mass is 16.5. The zero-order chi connectivity index (χ0) is 21.5. The van der Waals surface area contributed by atoms with Crippen LogP contribution in [0.15, 0.2) is 90.0 Å². The van der Waals surface area contributed by atoms with E-state index in [4.69, 9.17) is 4.74 Å². The minimum atomic E-state index is -0.278. The highest BCUT2D eigenvalue weighted by Crippen LogP contribution is 2.58. The number of nitrogens with zero attached hydrogens (tertiary/aromatic N) is 1. The number of hydrazone groups is 1. The SMILES string of the molecule is CCCCOc1ccc(/C=N\NC(=O)[C@H]2CC2(c2ccccc2)c2ccccc2)cc1. The molecule has 0 aliphatic heterocycles. The van der Waals surface area contributed by atoms with E-state index in [1.807, 2.05) is 60.7 Å². The van der Waals surface area contributed by atoms with Crippen molar-refractivity contribution in [1.29, 1.82) is 0 Å². The Hall–Kier alpha value is -3.40. The van der Waals surface area contributed by atoms with E-state index in [-0.39, 0.29) is 17.2 Å². The van der Waals surface area contributed by atoms with Crippen LogP contribution in [0, 0.1) is 5.92 Å². The van der Waals surface area contributed by atoms with Crippen molar-refractivity contribution in [1.82, 2.24) is 5.43 Å². The summed E-state index contributed by atoms with van der Waals surface area (Å²) in [7, 11) is 0. The van der Waals surface area contributed by atoms with Gasteiger partial charge in [-0.3, -0.25) is 4.79 Å². The Morgan fingerprint density at radius 1 is 1.00 bits per heavy atom. The molecule has 31 heavy (non-hydrogen) atoms. The molecular formula is C27H28N2O2. The summed E-state index contributed by atoms with van der Waals surface area (Å²) in [5, 5.41) is 4.20. The number of nitrogens with one attached hydrogen (secondary N) is 1. The second-order valence-corrected chi connectivity index (χ2v) is 7.97. The average Bonchev–Trinajstić information content (AvgIpc) is 3.59. The highest BCUT2D eigenvalue weighted by Gasteiger charge is 2.60. The third-order valence-electron chi connectivity index (χ3n) is 5.89. The van der Waals surface area contributed by atoms with E-state index in [0.29, 0.717) is 0 Å². The lowest BCUT2D eigenvalue weighted by atomic mass is 9.85. The van der Waals surface area contributed by atoms with Gasteiger partial charge in [-0.2, -0.15) is 5.10 Å². The van der Waals surface area contributed by atoms with Gasteiger partial charge in [0, 0.05) is 5.41 Å². The molecule has 158 valence electrons. The van der Waals surface area contributed by atoms with Crippen molar-refractivity contribution in [3.8, 4) is 5.75 Å². The number of benzene rings is 3. The van der Waals surface area contributed by atoms with Gasteiger partial charge in [0.1, 0.15) is 5.75 Å². The van der Waals surface area contributed by atoms with Crippen molar-refractivity contribution in [3.63, 3.8) is 0 Å². The zero-order valence-corrected chi connectivity index (χ0v) is 17.8. The summed E-state index contributed by atoms with van der Waals surface area (Å²) in [6.45, 7) is 2.87. The highest BCUT2D eigenvalue weighted by molar-refractivity contribution is 5.87. The fourth-order valence-corrected chi connectivity index (χ4v) is 4.09. The van der Waals surface area contributed by atoms with Crippen LogP contribution in [0.3, 0.4) is 0 Å². The molecule has 3 aromatic rings. The molecule has 0 unspecified atom stereocenters. The average molecular weight is 413 g/mol.